The molecule has 9 heteroatoms. The van der Waals surface area contributed by atoms with Gasteiger partial charge >= 0.3 is 0 Å². The number of nitrogen functional groups attached to an aromatic ring is 1. The van der Waals surface area contributed by atoms with Crippen molar-refractivity contribution in [3.63, 3.8) is 0 Å². The molecule has 0 saturated heterocycles. The molecule has 212 valence electrons. The molecule has 0 amide bonds. The minimum atomic E-state index is 0.622. The maximum Gasteiger partial charge on any atom is 0.156 e. The maximum atomic E-state index is 5.98. The minimum absolute atomic E-state index is 0.622. The largest absolute Gasteiger partial charge is 0.399 e. The number of aryl methyl sites for hydroxylation is 3. The number of aromatic nitrogens is 5. The van der Waals surface area contributed by atoms with Gasteiger partial charge in [0, 0.05) is 23.5 Å². The van der Waals surface area contributed by atoms with Crippen LogP contribution in [0.5, 0.6) is 0 Å². The molecular weight excluding hydrogens is 486 g/mol. The Morgan fingerprint density at radius 2 is 1.51 bits per heavy atom. The van der Waals surface area contributed by atoms with E-state index in [4.69, 9.17) is 11.6 Å². The SMILES string of the molecule is CC.CC.CC.CC1=CN(N)/C(=C\Cn2cc3cc(N)ccc3n2)C(C)=N1.Cc1cn2nc(C)cc(C)c2n1. The quantitative estimate of drug-likeness (QED) is 0.218. The van der Waals surface area contributed by atoms with Crippen LogP contribution in [0.2, 0.25) is 0 Å². The van der Waals surface area contributed by atoms with Gasteiger partial charge in [0.05, 0.1) is 46.8 Å². The zero-order chi connectivity index (χ0) is 29.7. The number of hydrazine groups is 1. The Hall–Kier alpha value is -3.98. The van der Waals surface area contributed by atoms with Crippen LogP contribution in [0, 0.1) is 20.8 Å². The summed E-state index contributed by atoms with van der Waals surface area (Å²) < 4.78 is 3.70. The Morgan fingerprint density at radius 1 is 0.846 bits per heavy atom. The first-order chi connectivity index (χ1) is 18.7. The van der Waals surface area contributed by atoms with Gasteiger partial charge in [-0.1, -0.05) is 41.5 Å². The second-order valence-electron chi connectivity index (χ2n) is 8.25. The average Bonchev–Trinajstić information content (AvgIpc) is 3.49. The van der Waals surface area contributed by atoms with Crippen LogP contribution in [0.25, 0.3) is 16.6 Å². The molecule has 4 aromatic rings. The minimum Gasteiger partial charge on any atom is -0.399 e. The fraction of sp³-hybridized carbons (Fsp3) is 0.400. The number of hydrogen-bond acceptors (Lipinski definition) is 7. The van der Waals surface area contributed by atoms with Crippen molar-refractivity contribution in [2.45, 2.75) is 82.7 Å². The Morgan fingerprint density at radius 3 is 2.15 bits per heavy atom. The number of nitrogens with two attached hydrogens (primary N) is 2. The first kappa shape index (κ1) is 33.0. The number of aliphatic imine (C=N–C) groups is 1. The van der Waals surface area contributed by atoms with E-state index >= 15 is 0 Å². The number of anilines is 1. The summed E-state index contributed by atoms with van der Waals surface area (Å²) in [6.45, 7) is 22.5. The standard InChI is InChI=1S/C15H18N6.C9H11N3.3C2H6/c1-10-8-21(17)15(11(2)18-10)5-6-20-9-12-7-13(16)3-4-14(12)19-20;1-6-4-7(2)11-12-5-8(3)10-9(6)12;3*1-2/h3-5,7-9H,6,16-17H2,1-2H3;4-5H,1-3H3;3*1-2H3/b15-5-;;;;. The predicted octanol–water partition coefficient (Wildman–Crippen LogP) is 6.75. The molecule has 0 bridgehead atoms. The van der Waals surface area contributed by atoms with E-state index in [-0.39, 0.29) is 0 Å². The van der Waals surface area contributed by atoms with Gasteiger partial charge in [-0.15, -0.1) is 0 Å². The molecule has 9 nitrogen and oxygen atoms in total. The van der Waals surface area contributed by atoms with Crippen LogP contribution in [0.1, 0.15) is 72.3 Å². The van der Waals surface area contributed by atoms with Crippen molar-refractivity contribution in [2.24, 2.45) is 10.8 Å². The second kappa shape index (κ2) is 16.1. The van der Waals surface area contributed by atoms with Gasteiger partial charge in [-0.3, -0.25) is 14.7 Å². The highest BCUT2D eigenvalue weighted by Gasteiger charge is 2.12. The molecule has 1 aliphatic heterocycles. The van der Waals surface area contributed by atoms with Crippen LogP contribution in [0.15, 0.2) is 65.3 Å². The van der Waals surface area contributed by atoms with Crippen LogP contribution in [0.4, 0.5) is 5.69 Å². The third kappa shape index (κ3) is 9.07. The molecule has 3 aromatic heterocycles. The van der Waals surface area contributed by atoms with Crippen LogP contribution in [0.3, 0.4) is 0 Å². The lowest BCUT2D eigenvalue weighted by atomic mass is 10.2. The summed E-state index contributed by atoms with van der Waals surface area (Å²) in [4.78, 5) is 8.78. The molecule has 1 aromatic carbocycles. The van der Waals surface area contributed by atoms with Crippen molar-refractivity contribution < 1.29 is 0 Å². The van der Waals surface area contributed by atoms with Gasteiger partial charge in [-0.2, -0.15) is 10.2 Å². The number of benzene rings is 1. The van der Waals surface area contributed by atoms with Crippen molar-refractivity contribution in [3.05, 3.63) is 77.3 Å². The van der Waals surface area contributed by atoms with Crippen LogP contribution in [-0.4, -0.2) is 35.1 Å². The zero-order valence-electron chi connectivity index (χ0n) is 25.6. The van der Waals surface area contributed by atoms with E-state index in [1.807, 2.05) is 121 Å². The lowest BCUT2D eigenvalue weighted by Gasteiger charge is -2.22. The Labute approximate surface area is 233 Å². The van der Waals surface area contributed by atoms with E-state index in [1.165, 1.54) is 5.56 Å². The van der Waals surface area contributed by atoms with Gasteiger partial charge in [-0.05, 0) is 70.5 Å². The predicted molar refractivity (Wildman–Crippen MR) is 166 cm³/mol. The van der Waals surface area contributed by atoms with E-state index in [9.17, 15) is 0 Å². The monoisotopic (exact) mass is 533 g/mol. The first-order valence-electron chi connectivity index (χ1n) is 13.7. The maximum absolute atomic E-state index is 5.98. The normalized spacial score (nSPS) is 13.1. The third-order valence-electron chi connectivity index (χ3n) is 5.22. The highest BCUT2D eigenvalue weighted by atomic mass is 15.4. The van der Waals surface area contributed by atoms with Gasteiger partial charge < -0.3 is 5.73 Å². The molecule has 39 heavy (non-hydrogen) atoms. The molecule has 0 saturated carbocycles. The molecular formula is C30H47N9. The zero-order valence-corrected chi connectivity index (χ0v) is 25.6. The van der Waals surface area contributed by atoms with Crippen LogP contribution < -0.4 is 11.6 Å². The van der Waals surface area contributed by atoms with E-state index in [2.05, 4.69) is 27.1 Å². The summed E-state index contributed by atoms with van der Waals surface area (Å²) >= 11 is 0. The molecule has 5 rings (SSSR count). The molecule has 4 N–H and O–H groups in total. The lowest BCUT2D eigenvalue weighted by molar-refractivity contribution is 0.499. The summed E-state index contributed by atoms with van der Waals surface area (Å²) in [6, 6.07) is 7.73. The van der Waals surface area contributed by atoms with Crippen LogP contribution >= 0.6 is 0 Å². The first-order valence-corrected chi connectivity index (χ1v) is 13.7. The molecule has 0 fully saturated rings. The molecule has 0 aliphatic carbocycles. The second-order valence-corrected chi connectivity index (χ2v) is 8.25. The number of allylic oxidation sites excluding steroid dienone is 3. The molecule has 1 aliphatic rings. The van der Waals surface area contributed by atoms with E-state index in [0.29, 0.717) is 6.54 Å². The summed E-state index contributed by atoms with van der Waals surface area (Å²) in [6.07, 6.45) is 7.73. The molecule has 0 unspecified atom stereocenters. The van der Waals surface area contributed by atoms with Crippen molar-refractivity contribution >= 4 is 27.9 Å². The third-order valence-corrected chi connectivity index (χ3v) is 5.22. The summed E-state index contributed by atoms with van der Waals surface area (Å²) in [5.41, 5.74) is 14.3. The lowest BCUT2D eigenvalue weighted by Crippen LogP contribution is -2.31. The highest BCUT2D eigenvalue weighted by Crippen LogP contribution is 2.17. The van der Waals surface area contributed by atoms with Gasteiger partial charge in [-0.25, -0.2) is 15.3 Å². The van der Waals surface area contributed by atoms with Gasteiger partial charge in [0.25, 0.3) is 0 Å². The number of fused-ring (bicyclic) bond motifs is 2. The van der Waals surface area contributed by atoms with Gasteiger partial charge in [0.1, 0.15) is 0 Å². The number of imidazole rings is 1. The fourth-order valence-electron chi connectivity index (χ4n) is 3.84. The average molecular weight is 534 g/mol. The number of hydrogen-bond donors (Lipinski definition) is 2. The topological polar surface area (TPSA) is 116 Å². The van der Waals surface area contributed by atoms with E-state index in [1.54, 1.807) is 11.2 Å². The van der Waals surface area contributed by atoms with Crippen molar-refractivity contribution in [2.75, 3.05) is 5.73 Å². The molecule has 4 heterocycles. The Bertz CT molecular complexity index is 1420. The van der Waals surface area contributed by atoms with Gasteiger partial charge in [0.2, 0.25) is 0 Å². The van der Waals surface area contributed by atoms with E-state index < -0.39 is 0 Å². The molecule has 0 atom stereocenters. The van der Waals surface area contributed by atoms with Crippen LogP contribution in [-0.2, 0) is 6.54 Å². The Kier molecular flexibility index (Phi) is 13.6. The summed E-state index contributed by atoms with van der Waals surface area (Å²) in [5.74, 6) is 5.98. The molecule has 0 radical (unpaired) electrons. The number of nitrogens with zero attached hydrogens (tertiary/aromatic N) is 7. The fourth-order valence-corrected chi connectivity index (χ4v) is 3.84. The van der Waals surface area contributed by atoms with Crippen molar-refractivity contribution in [1.82, 2.24) is 29.4 Å². The summed E-state index contributed by atoms with van der Waals surface area (Å²) in [7, 11) is 0. The highest BCUT2D eigenvalue weighted by molar-refractivity contribution is 5.99. The van der Waals surface area contributed by atoms with Gasteiger partial charge in [0.15, 0.2) is 5.65 Å². The summed E-state index contributed by atoms with van der Waals surface area (Å²) in [5, 5.41) is 11.4. The van der Waals surface area contributed by atoms with E-state index in [0.717, 1.165) is 50.7 Å². The van der Waals surface area contributed by atoms with Crippen molar-refractivity contribution in [3.8, 4) is 0 Å². The Balaban J connectivity index is 0.000000359. The number of rotatable bonds is 2. The smallest absolute Gasteiger partial charge is 0.156 e. The molecule has 0 spiro atoms. The van der Waals surface area contributed by atoms with Crippen molar-refractivity contribution in [1.29, 1.82) is 0 Å².